The van der Waals surface area contributed by atoms with Gasteiger partial charge in [-0.3, -0.25) is 0 Å². The lowest BCUT2D eigenvalue weighted by Gasteiger charge is -2.13. The van der Waals surface area contributed by atoms with Crippen LogP contribution in [0.25, 0.3) is 11.0 Å². The molecule has 0 spiro atoms. The minimum atomic E-state index is -0.288. The van der Waals surface area contributed by atoms with Crippen molar-refractivity contribution < 1.29 is 9.13 Å². The van der Waals surface area contributed by atoms with E-state index in [0.717, 1.165) is 43.9 Å². The highest BCUT2D eigenvalue weighted by Gasteiger charge is 2.20. The second-order valence-electron chi connectivity index (χ2n) is 5.36. The quantitative estimate of drug-likeness (QED) is 0.800. The third-order valence-corrected chi connectivity index (χ3v) is 4.10. The third-order valence-electron chi connectivity index (χ3n) is 3.90. The average molecular weight is 297 g/mol. The summed E-state index contributed by atoms with van der Waals surface area (Å²) < 4.78 is 21.3. The molecule has 2 heterocycles. The molecule has 5 heteroatoms. The van der Waals surface area contributed by atoms with Crippen LogP contribution in [0.15, 0.2) is 18.2 Å². The van der Waals surface area contributed by atoms with Gasteiger partial charge in [0.25, 0.3) is 0 Å². The maximum Gasteiger partial charge on any atom is 0.151 e. The van der Waals surface area contributed by atoms with E-state index >= 15 is 0 Å². The van der Waals surface area contributed by atoms with Crippen LogP contribution < -0.4 is 0 Å². The largest absolute Gasteiger partial charge is 0.381 e. The van der Waals surface area contributed by atoms with Crippen LogP contribution in [0.2, 0.25) is 0 Å². The lowest BCUT2D eigenvalue weighted by molar-refractivity contribution is 0.183. The van der Waals surface area contributed by atoms with Crippen LogP contribution in [0.3, 0.4) is 0 Å². The number of aromatic nitrogens is 2. The van der Waals surface area contributed by atoms with Gasteiger partial charge < -0.3 is 9.30 Å². The van der Waals surface area contributed by atoms with Gasteiger partial charge in [-0.05, 0) is 37.8 Å². The number of hydrogen-bond donors (Lipinski definition) is 0. The van der Waals surface area contributed by atoms with E-state index in [2.05, 4.69) is 9.55 Å². The van der Waals surface area contributed by atoms with Crippen LogP contribution in [0, 0.1) is 11.7 Å². The van der Waals surface area contributed by atoms with Gasteiger partial charge in [-0.15, -0.1) is 11.6 Å². The highest BCUT2D eigenvalue weighted by molar-refractivity contribution is 6.20. The number of alkyl halides is 1. The Hall–Kier alpha value is -1.13. The van der Waals surface area contributed by atoms with Crippen LogP contribution >= 0.6 is 11.6 Å². The first kappa shape index (κ1) is 13.8. The minimum Gasteiger partial charge on any atom is -0.381 e. The second-order valence-corrected chi connectivity index (χ2v) is 6.02. The Bertz CT molecular complexity index is 605. The molecule has 3 rings (SSSR count). The SMILES string of the molecule is CC(Cl)c1nc2c(F)cccc2n1CCC1CCOC1. The Balaban J connectivity index is 1.94. The molecule has 2 unspecified atom stereocenters. The number of nitrogens with zero attached hydrogens (tertiary/aromatic N) is 2. The van der Waals surface area contributed by atoms with Gasteiger partial charge in [0.1, 0.15) is 11.3 Å². The smallest absolute Gasteiger partial charge is 0.151 e. The van der Waals surface area contributed by atoms with E-state index in [0.29, 0.717) is 11.4 Å². The number of hydrogen-bond acceptors (Lipinski definition) is 2. The summed E-state index contributed by atoms with van der Waals surface area (Å²) in [6.07, 6.45) is 2.12. The van der Waals surface area contributed by atoms with Gasteiger partial charge in [-0.1, -0.05) is 6.07 Å². The normalized spacial score (nSPS) is 20.6. The number of rotatable bonds is 4. The second kappa shape index (κ2) is 5.70. The molecule has 1 aliphatic rings. The van der Waals surface area contributed by atoms with E-state index < -0.39 is 0 Å². The summed E-state index contributed by atoms with van der Waals surface area (Å²) in [5, 5.41) is -0.235. The number of aryl methyl sites for hydroxylation is 1. The van der Waals surface area contributed by atoms with Crippen molar-refractivity contribution in [3.05, 3.63) is 29.8 Å². The molecule has 0 saturated carbocycles. The minimum absolute atomic E-state index is 0.235. The number of fused-ring (bicyclic) bond motifs is 1. The van der Waals surface area contributed by atoms with Crippen molar-refractivity contribution in [1.82, 2.24) is 9.55 Å². The predicted octanol–water partition coefficient (Wildman–Crippen LogP) is 3.90. The first-order chi connectivity index (χ1) is 9.66. The summed E-state index contributed by atoms with van der Waals surface area (Å²) in [4.78, 5) is 4.38. The molecule has 1 aromatic carbocycles. The Morgan fingerprint density at radius 3 is 3.10 bits per heavy atom. The van der Waals surface area contributed by atoms with E-state index in [1.807, 2.05) is 13.0 Å². The van der Waals surface area contributed by atoms with Gasteiger partial charge in [0.15, 0.2) is 5.82 Å². The zero-order chi connectivity index (χ0) is 14.1. The summed E-state index contributed by atoms with van der Waals surface area (Å²) in [5.74, 6) is 1.04. The number of halogens is 2. The van der Waals surface area contributed by atoms with E-state index in [-0.39, 0.29) is 11.2 Å². The molecule has 0 N–H and O–H groups in total. The standard InChI is InChI=1S/C15H18ClFN2O/c1-10(16)15-18-14-12(17)3-2-4-13(14)19(15)7-5-11-6-8-20-9-11/h2-4,10-11H,5-9H2,1H3. The van der Waals surface area contributed by atoms with Gasteiger partial charge in [-0.2, -0.15) is 0 Å². The van der Waals surface area contributed by atoms with Crippen LogP contribution in [0.1, 0.15) is 31.0 Å². The van der Waals surface area contributed by atoms with Crippen molar-refractivity contribution in [3.8, 4) is 0 Å². The summed E-state index contributed by atoms with van der Waals surface area (Å²) in [6, 6.07) is 5.06. The maximum atomic E-state index is 13.8. The lowest BCUT2D eigenvalue weighted by atomic mass is 10.1. The first-order valence-electron chi connectivity index (χ1n) is 7.03. The highest BCUT2D eigenvalue weighted by Crippen LogP contribution is 2.27. The molecule has 1 aliphatic heterocycles. The molecule has 20 heavy (non-hydrogen) atoms. The molecular formula is C15H18ClFN2O. The van der Waals surface area contributed by atoms with Crippen molar-refractivity contribution in [3.63, 3.8) is 0 Å². The topological polar surface area (TPSA) is 27.1 Å². The van der Waals surface area contributed by atoms with Crippen molar-refractivity contribution in [2.24, 2.45) is 5.92 Å². The van der Waals surface area contributed by atoms with Crippen LogP contribution in [0.5, 0.6) is 0 Å². The monoisotopic (exact) mass is 296 g/mol. The Morgan fingerprint density at radius 2 is 2.40 bits per heavy atom. The zero-order valence-corrected chi connectivity index (χ0v) is 12.2. The van der Waals surface area contributed by atoms with Crippen molar-refractivity contribution in [2.75, 3.05) is 13.2 Å². The molecule has 0 aliphatic carbocycles. The highest BCUT2D eigenvalue weighted by atomic mass is 35.5. The molecular weight excluding hydrogens is 279 g/mol. The number of ether oxygens (including phenoxy) is 1. The average Bonchev–Trinajstić information content (AvgIpc) is 3.03. The van der Waals surface area contributed by atoms with Gasteiger partial charge in [-0.25, -0.2) is 9.37 Å². The Kier molecular flexibility index (Phi) is 3.94. The van der Waals surface area contributed by atoms with Gasteiger partial charge in [0.2, 0.25) is 0 Å². The number of imidazole rings is 1. The summed E-state index contributed by atoms with van der Waals surface area (Å²) in [5.41, 5.74) is 1.24. The Morgan fingerprint density at radius 1 is 1.55 bits per heavy atom. The van der Waals surface area contributed by atoms with Crippen LogP contribution in [-0.2, 0) is 11.3 Å². The summed E-state index contributed by atoms with van der Waals surface area (Å²) in [6.45, 7) is 4.35. The van der Waals surface area contributed by atoms with E-state index in [1.165, 1.54) is 6.07 Å². The lowest BCUT2D eigenvalue weighted by Crippen LogP contribution is -2.09. The molecule has 0 radical (unpaired) electrons. The molecule has 1 aromatic heterocycles. The van der Waals surface area contributed by atoms with Crippen molar-refractivity contribution in [2.45, 2.75) is 31.7 Å². The van der Waals surface area contributed by atoms with E-state index in [4.69, 9.17) is 16.3 Å². The van der Waals surface area contributed by atoms with Gasteiger partial charge >= 0.3 is 0 Å². The third kappa shape index (κ3) is 2.54. The fraction of sp³-hybridized carbons (Fsp3) is 0.533. The fourth-order valence-corrected chi connectivity index (χ4v) is 2.96. The van der Waals surface area contributed by atoms with E-state index in [1.54, 1.807) is 6.07 Å². The van der Waals surface area contributed by atoms with Crippen LogP contribution in [-0.4, -0.2) is 22.8 Å². The molecule has 108 valence electrons. The van der Waals surface area contributed by atoms with E-state index in [9.17, 15) is 4.39 Å². The predicted molar refractivity (Wildman–Crippen MR) is 77.5 cm³/mol. The van der Waals surface area contributed by atoms with Crippen LogP contribution in [0.4, 0.5) is 4.39 Å². The summed E-state index contributed by atoms with van der Waals surface area (Å²) >= 11 is 6.20. The number of benzene rings is 1. The molecule has 0 bridgehead atoms. The molecule has 3 nitrogen and oxygen atoms in total. The molecule has 1 fully saturated rings. The van der Waals surface area contributed by atoms with Gasteiger partial charge in [0, 0.05) is 19.8 Å². The molecule has 2 aromatic rings. The van der Waals surface area contributed by atoms with Crippen molar-refractivity contribution >= 4 is 22.6 Å². The van der Waals surface area contributed by atoms with Gasteiger partial charge in [0.05, 0.1) is 10.9 Å². The van der Waals surface area contributed by atoms with Crippen molar-refractivity contribution in [1.29, 1.82) is 0 Å². The first-order valence-corrected chi connectivity index (χ1v) is 7.47. The maximum absolute atomic E-state index is 13.8. The molecule has 2 atom stereocenters. The Labute approximate surface area is 122 Å². The summed E-state index contributed by atoms with van der Waals surface area (Å²) in [7, 11) is 0. The molecule has 1 saturated heterocycles. The number of para-hydroxylation sites is 1. The molecule has 0 amide bonds. The fourth-order valence-electron chi connectivity index (χ4n) is 2.79. The zero-order valence-electron chi connectivity index (χ0n) is 11.5.